The molecule has 0 radical (unpaired) electrons. The Labute approximate surface area is 174 Å². The van der Waals surface area contributed by atoms with Crippen LogP contribution in [-0.2, 0) is 21.2 Å². The zero-order chi connectivity index (χ0) is 20.3. The van der Waals surface area contributed by atoms with E-state index in [1.54, 1.807) is 35.6 Å². The van der Waals surface area contributed by atoms with E-state index in [2.05, 4.69) is 26.0 Å². The van der Waals surface area contributed by atoms with Crippen molar-refractivity contribution in [2.24, 2.45) is 10.3 Å². The van der Waals surface area contributed by atoms with Gasteiger partial charge in [0.15, 0.2) is 0 Å². The number of hydrogen-bond acceptors (Lipinski definition) is 6. The topological polar surface area (TPSA) is 90.9 Å². The Balaban J connectivity index is 1.26. The number of nitrogens with zero attached hydrogens (tertiary/aromatic N) is 2. The van der Waals surface area contributed by atoms with Crippen molar-refractivity contribution in [3.05, 3.63) is 46.7 Å². The number of para-hydroxylation sites is 1. The Bertz CT molecular complexity index is 994. The molecule has 154 valence electrons. The Morgan fingerprint density at radius 3 is 2.76 bits per heavy atom. The molecule has 0 spiro atoms. The van der Waals surface area contributed by atoms with Crippen molar-refractivity contribution in [1.29, 1.82) is 0 Å². The molecule has 0 unspecified atom stereocenters. The lowest BCUT2D eigenvalue weighted by atomic mass is 9.96. The number of hydrogen-bond donors (Lipinski definition) is 2. The molecule has 2 aliphatic rings. The zero-order valence-corrected chi connectivity index (χ0v) is 17.6. The minimum Gasteiger partial charge on any atom is -0.355 e. The number of rotatable bonds is 6. The fourth-order valence-corrected chi connectivity index (χ4v) is 5.56. The molecule has 0 atom stereocenters. The number of piperidine rings is 1. The van der Waals surface area contributed by atoms with Gasteiger partial charge in [0.2, 0.25) is 5.91 Å². The summed E-state index contributed by atoms with van der Waals surface area (Å²) >= 11 is 1.70. The van der Waals surface area contributed by atoms with Crippen LogP contribution in [-0.4, -0.2) is 51.2 Å². The summed E-state index contributed by atoms with van der Waals surface area (Å²) in [4.78, 5) is 16.0. The lowest BCUT2D eigenvalue weighted by Crippen LogP contribution is -2.44. The molecule has 2 N–H and O–H groups in total. The quantitative estimate of drug-likeness (QED) is 0.731. The molecule has 9 heteroatoms. The molecule has 7 nitrogen and oxygen atoms in total. The maximum absolute atomic E-state index is 12.4. The van der Waals surface area contributed by atoms with Crippen LogP contribution in [0.4, 0.5) is 5.69 Å². The first-order chi connectivity index (χ1) is 14.0. The molecule has 1 fully saturated rings. The summed E-state index contributed by atoms with van der Waals surface area (Å²) in [6, 6.07) is 10.9. The van der Waals surface area contributed by atoms with Gasteiger partial charge in [0.25, 0.3) is 10.0 Å². The summed E-state index contributed by atoms with van der Waals surface area (Å²) < 4.78 is 28.6. The van der Waals surface area contributed by atoms with Crippen LogP contribution in [0.2, 0.25) is 0 Å². The minimum absolute atomic E-state index is 0.0142. The van der Waals surface area contributed by atoms with E-state index < -0.39 is 10.0 Å². The van der Waals surface area contributed by atoms with Gasteiger partial charge >= 0.3 is 0 Å². The maximum atomic E-state index is 12.4. The van der Waals surface area contributed by atoms with E-state index in [9.17, 15) is 13.2 Å². The van der Waals surface area contributed by atoms with Crippen molar-refractivity contribution in [3.8, 4) is 0 Å². The van der Waals surface area contributed by atoms with E-state index in [0.29, 0.717) is 24.6 Å². The van der Waals surface area contributed by atoms with Crippen molar-refractivity contribution in [2.45, 2.75) is 24.2 Å². The van der Waals surface area contributed by atoms with E-state index in [1.807, 2.05) is 11.4 Å². The summed E-state index contributed by atoms with van der Waals surface area (Å²) in [6.45, 7) is 2.58. The first-order valence-electron chi connectivity index (χ1n) is 9.73. The van der Waals surface area contributed by atoms with Crippen LogP contribution in [0, 0.1) is 5.92 Å². The predicted octanol–water partition coefficient (Wildman–Crippen LogP) is 2.33. The van der Waals surface area contributed by atoms with E-state index in [0.717, 1.165) is 32.4 Å². The highest BCUT2D eigenvalue weighted by Crippen LogP contribution is 2.27. The molecule has 1 amide bonds. The SMILES string of the molecule is O=C(NCCc1cccs1)C1CCN(CC2=NS(=O)(=O)c3ccccc3N2)CC1. The fourth-order valence-electron chi connectivity index (χ4n) is 3.71. The number of fused-ring (bicyclic) bond motifs is 1. The molecule has 1 aromatic carbocycles. The Morgan fingerprint density at radius 1 is 1.21 bits per heavy atom. The summed E-state index contributed by atoms with van der Waals surface area (Å²) in [5.41, 5.74) is 0.567. The molecule has 1 saturated heterocycles. The minimum atomic E-state index is -3.66. The van der Waals surface area contributed by atoms with E-state index in [-0.39, 0.29) is 16.7 Å². The van der Waals surface area contributed by atoms with Gasteiger partial charge in [-0.1, -0.05) is 18.2 Å². The number of amidine groups is 1. The van der Waals surface area contributed by atoms with Gasteiger partial charge in [-0.25, -0.2) is 0 Å². The van der Waals surface area contributed by atoms with Crippen LogP contribution in [0.25, 0.3) is 0 Å². The first kappa shape index (κ1) is 20.1. The highest BCUT2D eigenvalue weighted by molar-refractivity contribution is 7.90. The molecule has 0 bridgehead atoms. The molecular formula is C20H24N4O3S2. The second-order valence-corrected chi connectivity index (χ2v) is 9.91. The number of amides is 1. The Morgan fingerprint density at radius 2 is 2.00 bits per heavy atom. The third-order valence-corrected chi connectivity index (χ3v) is 7.57. The molecule has 0 aliphatic carbocycles. The molecule has 2 aromatic rings. The van der Waals surface area contributed by atoms with Gasteiger partial charge in [-0.15, -0.1) is 15.7 Å². The standard InChI is InChI=1S/C20H24N4O3S2/c25-20(21-10-7-16-4-3-13-28-16)15-8-11-24(12-9-15)14-19-22-17-5-1-2-6-18(17)29(26,27)23-19/h1-6,13,15H,7-12,14H2,(H,21,25)(H,22,23). The highest BCUT2D eigenvalue weighted by atomic mass is 32.2. The van der Waals surface area contributed by atoms with Crippen LogP contribution >= 0.6 is 11.3 Å². The number of thiophene rings is 1. The highest BCUT2D eigenvalue weighted by Gasteiger charge is 2.28. The summed E-state index contributed by atoms with van der Waals surface area (Å²) in [5.74, 6) is 0.564. The van der Waals surface area contributed by atoms with Crippen molar-refractivity contribution in [1.82, 2.24) is 10.2 Å². The van der Waals surface area contributed by atoms with Gasteiger partial charge in [-0.05, 0) is 55.9 Å². The van der Waals surface area contributed by atoms with E-state index >= 15 is 0 Å². The summed E-state index contributed by atoms with van der Waals surface area (Å²) in [5, 5.41) is 8.21. The summed E-state index contributed by atoms with van der Waals surface area (Å²) in [7, 11) is -3.66. The van der Waals surface area contributed by atoms with Crippen LogP contribution in [0.15, 0.2) is 51.1 Å². The lowest BCUT2D eigenvalue weighted by Gasteiger charge is -2.32. The van der Waals surface area contributed by atoms with Gasteiger partial charge in [0.05, 0.1) is 12.2 Å². The van der Waals surface area contributed by atoms with Crippen molar-refractivity contribution in [2.75, 3.05) is 31.5 Å². The van der Waals surface area contributed by atoms with Gasteiger partial charge in [0, 0.05) is 17.3 Å². The monoisotopic (exact) mass is 432 g/mol. The third-order valence-electron chi connectivity index (χ3n) is 5.26. The van der Waals surface area contributed by atoms with Crippen LogP contribution in [0.3, 0.4) is 0 Å². The average molecular weight is 433 g/mol. The summed E-state index contributed by atoms with van der Waals surface area (Å²) in [6.07, 6.45) is 2.40. The second kappa shape index (κ2) is 8.64. The number of likely N-dealkylation sites (tertiary alicyclic amines) is 1. The van der Waals surface area contributed by atoms with Crippen molar-refractivity contribution < 1.29 is 13.2 Å². The Hall–Kier alpha value is -2.23. The van der Waals surface area contributed by atoms with Gasteiger partial charge in [-0.2, -0.15) is 8.42 Å². The van der Waals surface area contributed by atoms with Crippen LogP contribution in [0.5, 0.6) is 0 Å². The van der Waals surface area contributed by atoms with Crippen molar-refractivity contribution in [3.63, 3.8) is 0 Å². The number of nitrogens with one attached hydrogen (secondary N) is 2. The molecule has 2 aliphatic heterocycles. The third kappa shape index (κ3) is 4.85. The lowest BCUT2D eigenvalue weighted by molar-refractivity contribution is -0.126. The largest absolute Gasteiger partial charge is 0.355 e. The van der Waals surface area contributed by atoms with E-state index in [4.69, 9.17) is 0 Å². The Kier molecular flexibility index (Phi) is 5.98. The maximum Gasteiger partial charge on any atom is 0.286 e. The number of sulfonamides is 1. The molecule has 4 rings (SSSR count). The molecular weight excluding hydrogens is 408 g/mol. The zero-order valence-electron chi connectivity index (χ0n) is 16.0. The van der Waals surface area contributed by atoms with Crippen LogP contribution < -0.4 is 10.6 Å². The number of anilines is 1. The molecule has 1 aromatic heterocycles. The fraction of sp³-hybridized carbons (Fsp3) is 0.400. The molecule has 0 saturated carbocycles. The van der Waals surface area contributed by atoms with Gasteiger partial charge < -0.3 is 10.6 Å². The van der Waals surface area contributed by atoms with E-state index in [1.165, 1.54) is 4.88 Å². The second-order valence-electron chi connectivity index (χ2n) is 7.31. The van der Waals surface area contributed by atoms with Gasteiger partial charge in [0.1, 0.15) is 10.7 Å². The smallest absolute Gasteiger partial charge is 0.286 e. The first-order valence-corrected chi connectivity index (χ1v) is 12.1. The van der Waals surface area contributed by atoms with Crippen LogP contribution in [0.1, 0.15) is 17.7 Å². The number of benzene rings is 1. The predicted molar refractivity (Wildman–Crippen MR) is 115 cm³/mol. The number of carbonyl (C=O) groups is 1. The molecule has 29 heavy (non-hydrogen) atoms. The normalized spacial score (nSPS) is 19.1. The average Bonchev–Trinajstić information content (AvgIpc) is 3.21. The number of carbonyl (C=O) groups excluding carboxylic acids is 1. The molecule has 3 heterocycles. The van der Waals surface area contributed by atoms with Gasteiger partial charge in [-0.3, -0.25) is 9.69 Å². The van der Waals surface area contributed by atoms with Crippen molar-refractivity contribution >= 4 is 38.8 Å².